The lowest BCUT2D eigenvalue weighted by atomic mass is 10.1. The molecule has 8 heteroatoms. The van der Waals surface area contributed by atoms with E-state index in [1.807, 2.05) is 6.07 Å². The number of aromatic amines is 1. The van der Waals surface area contributed by atoms with Crippen molar-refractivity contribution in [1.82, 2.24) is 9.97 Å². The van der Waals surface area contributed by atoms with Crippen LogP contribution in [0.15, 0.2) is 36.4 Å². The molecule has 3 aromatic rings. The summed E-state index contributed by atoms with van der Waals surface area (Å²) < 4.78 is 24.0. The van der Waals surface area contributed by atoms with Crippen molar-refractivity contribution < 1.29 is 18.7 Å². The molecule has 6 nitrogen and oxygen atoms in total. The van der Waals surface area contributed by atoms with Crippen molar-refractivity contribution in [2.24, 2.45) is 0 Å². The first-order valence-corrected chi connectivity index (χ1v) is 8.84. The Morgan fingerprint density at radius 1 is 1.37 bits per heavy atom. The zero-order valence-electron chi connectivity index (χ0n) is 14.1. The number of nitrogens with zero attached hydrogens (tertiary/aromatic N) is 2. The monoisotopic (exact) mass is 477 g/mol. The molecule has 0 spiro atoms. The number of imidazole rings is 1. The van der Waals surface area contributed by atoms with E-state index in [-0.39, 0.29) is 12.4 Å². The van der Waals surface area contributed by atoms with Crippen LogP contribution in [0.4, 0.5) is 4.39 Å². The zero-order chi connectivity index (χ0) is 19.4. The Labute approximate surface area is 167 Å². The maximum Gasteiger partial charge on any atom is 0.343 e. The molecule has 0 saturated heterocycles. The maximum atomic E-state index is 13.3. The second-order valence-electron chi connectivity index (χ2n) is 5.47. The maximum absolute atomic E-state index is 13.3. The summed E-state index contributed by atoms with van der Waals surface area (Å²) in [6.45, 7) is -0.180. The van der Waals surface area contributed by atoms with Crippen LogP contribution in [-0.2, 0) is 9.53 Å². The van der Waals surface area contributed by atoms with Crippen molar-refractivity contribution in [3.05, 3.63) is 57.2 Å². The number of benzene rings is 2. The van der Waals surface area contributed by atoms with Crippen molar-refractivity contribution >= 4 is 51.2 Å². The normalized spacial score (nSPS) is 11.3. The van der Waals surface area contributed by atoms with Gasteiger partial charge in [0.1, 0.15) is 23.5 Å². The topological polar surface area (TPSA) is 88.0 Å². The average molecular weight is 477 g/mol. The van der Waals surface area contributed by atoms with Crippen LogP contribution < -0.4 is 4.74 Å². The molecule has 136 valence electrons. The van der Waals surface area contributed by atoms with Crippen LogP contribution in [-0.4, -0.2) is 29.7 Å². The number of halogens is 2. The highest BCUT2D eigenvalue weighted by molar-refractivity contribution is 14.1. The number of nitriles is 1. The molecule has 1 N–H and O–H groups in total. The van der Waals surface area contributed by atoms with E-state index >= 15 is 0 Å². The fourth-order valence-electron chi connectivity index (χ4n) is 2.35. The third kappa shape index (κ3) is 4.43. The van der Waals surface area contributed by atoms with Gasteiger partial charge in [0.2, 0.25) is 0 Å². The Balaban J connectivity index is 1.87. The SMILES string of the molecule is COC(=O)COc1ccc(/C=C(/C#N)c2nc3ccc(F)cc3[nH]2)cc1I. The second-order valence-corrected chi connectivity index (χ2v) is 6.63. The Kier molecular flexibility index (Phi) is 5.71. The van der Waals surface area contributed by atoms with Gasteiger partial charge in [-0.25, -0.2) is 14.2 Å². The smallest absolute Gasteiger partial charge is 0.343 e. The highest BCUT2D eigenvalue weighted by atomic mass is 127. The van der Waals surface area contributed by atoms with E-state index in [0.717, 1.165) is 9.13 Å². The minimum absolute atomic E-state index is 0.180. The van der Waals surface area contributed by atoms with Crippen molar-refractivity contribution in [3.63, 3.8) is 0 Å². The number of carbonyl (C=O) groups is 1. The van der Waals surface area contributed by atoms with E-state index in [1.165, 1.54) is 19.2 Å². The van der Waals surface area contributed by atoms with Gasteiger partial charge in [-0.1, -0.05) is 6.07 Å². The van der Waals surface area contributed by atoms with E-state index in [0.29, 0.717) is 28.2 Å². The summed E-state index contributed by atoms with van der Waals surface area (Å²) in [5, 5.41) is 9.49. The summed E-state index contributed by atoms with van der Waals surface area (Å²) in [6.07, 6.45) is 1.67. The van der Waals surface area contributed by atoms with Gasteiger partial charge in [0.15, 0.2) is 6.61 Å². The van der Waals surface area contributed by atoms with Gasteiger partial charge in [0.25, 0.3) is 0 Å². The number of allylic oxidation sites excluding steroid dienone is 1. The van der Waals surface area contributed by atoms with E-state index in [1.54, 1.807) is 24.3 Å². The minimum Gasteiger partial charge on any atom is -0.481 e. The van der Waals surface area contributed by atoms with E-state index in [2.05, 4.69) is 43.4 Å². The number of H-pyrrole nitrogens is 1. The van der Waals surface area contributed by atoms with Crippen LogP contribution in [0.25, 0.3) is 22.7 Å². The molecule has 0 bridgehead atoms. The van der Waals surface area contributed by atoms with Gasteiger partial charge in [-0.2, -0.15) is 5.26 Å². The average Bonchev–Trinajstić information content (AvgIpc) is 3.07. The van der Waals surface area contributed by atoms with Gasteiger partial charge in [0.05, 0.1) is 27.3 Å². The first-order chi connectivity index (χ1) is 13.0. The first kappa shape index (κ1) is 18.8. The zero-order valence-corrected chi connectivity index (χ0v) is 16.3. The molecule has 0 aliphatic carbocycles. The summed E-state index contributed by atoms with van der Waals surface area (Å²) in [4.78, 5) is 18.5. The number of fused-ring (bicyclic) bond motifs is 1. The van der Waals surface area contributed by atoms with Crippen LogP contribution in [0.2, 0.25) is 0 Å². The second kappa shape index (κ2) is 8.18. The molecule has 27 heavy (non-hydrogen) atoms. The number of carbonyl (C=O) groups excluding carboxylic acids is 1. The number of aromatic nitrogens is 2. The number of methoxy groups -OCH3 is 1. The van der Waals surface area contributed by atoms with Gasteiger partial charge in [-0.15, -0.1) is 0 Å². The number of nitrogens with one attached hydrogen (secondary N) is 1. The van der Waals surface area contributed by atoms with Crippen LogP contribution >= 0.6 is 22.6 Å². The number of ether oxygens (including phenoxy) is 2. The predicted molar refractivity (Wildman–Crippen MR) is 106 cm³/mol. The highest BCUT2D eigenvalue weighted by Crippen LogP contribution is 2.25. The Bertz CT molecular complexity index is 1090. The summed E-state index contributed by atoms with van der Waals surface area (Å²) >= 11 is 2.08. The fourth-order valence-corrected chi connectivity index (χ4v) is 3.04. The third-order valence-electron chi connectivity index (χ3n) is 3.66. The van der Waals surface area contributed by atoms with Crippen LogP contribution in [0, 0.1) is 20.7 Å². The standard InChI is InChI=1S/C19H13FIN3O3/c1-26-18(25)10-27-17-5-2-11(7-14(17)21)6-12(9-22)19-23-15-4-3-13(20)8-16(15)24-19/h2-8H,10H2,1H3,(H,23,24)/b12-6-. The third-order valence-corrected chi connectivity index (χ3v) is 4.50. The van der Waals surface area contributed by atoms with Crippen molar-refractivity contribution in [2.75, 3.05) is 13.7 Å². The lowest BCUT2D eigenvalue weighted by molar-refractivity contribution is -0.142. The molecular weight excluding hydrogens is 464 g/mol. The fraction of sp³-hybridized carbons (Fsp3) is 0.105. The van der Waals surface area contributed by atoms with Crippen molar-refractivity contribution in [2.45, 2.75) is 0 Å². The largest absolute Gasteiger partial charge is 0.481 e. The van der Waals surface area contributed by atoms with Crippen LogP contribution in [0.5, 0.6) is 5.75 Å². The summed E-state index contributed by atoms with van der Waals surface area (Å²) in [6, 6.07) is 11.6. The molecule has 0 saturated carbocycles. The van der Waals surface area contributed by atoms with Gasteiger partial charge in [0, 0.05) is 0 Å². The molecule has 0 radical (unpaired) electrons. The predicted octanol–water partition coefficient (Wildman–Crippen LogP) is 3.92. The summed E-state index contributed by atoms with van der Waals surface area (Å²) in [7, 11) is 1.29. The lowest BCUT2D eigenvalue weighted by Gasteiger charge is -2.07. The van der Waals surface area contributed by atoms with Crippen LogP contribution in [0.1, 0.15) is 11.4 Å². The molecule has 0 amide bonds. The molecule has 0 atom stereocenters. The number of hydrogen-bond donors (Lipinski definition) is 1. The highest BCUT2D eigenvalue weighted by Gasteiger charge is 2.10. The first-order valence-electron chi connectivity index (χ1n) is 7.77. The molecule has 2 aromatic carbocycles. The number of hydrogen-bond acceptors (Lipinski definition) is 5. The van der Waals surface area contributed by atoms with Gasteiger partial charge >= 0.3 is 5.97 Å². The van der Waals surface area contributed by atoms with E-state index in [4.69, 9.17) is 4.74 Å². The van der Waals surface area contributed by atoms with Crippen molar-refractivity contribution in [3.8, 4) is 11.8 Å². The van der Waals surface area contributed by atoms with Crippen molar-refractivity contribution in [1.29, 1.82) is 5.26 Å². The molecule has 0 fully saturated rings. The molecule has 0 aliphatic heterocycles. The van der Waals surface area contributed by atoms with Gasteiger partial charge < -0.3 is 14.5 Å². The lowest BCUT2D eigenvalue weighted by Crippen LogP contribution is -2.13. The molecule has 0 aliphatic rings. The molecule has 0 unspecified atom stereocenters. The number of esters is 1. The van der Waals surface area contributed by atoms with Gasteiger partial charge in [-0.3, -0.25) is 0 Å². The Morgan fingerprint density at radius 3 is 2.89 bits per heavy atom. The Morgan fingerprint density at radius 2 is 2.19 bits per heavy atom. The summed E-state index contributed by atoms with van der Waals surface area (Å²) in [5.41, 5.74) is 2.17. The van der Waals surface area contributed by atoms with E-state index in [9.17, 15) is 14.4 Å². The molecular formula is C19H13FIN3O3. The number of rotatable bonds is 5. The van der Waals surface area contributed by atoms with Crippen LogP contribution in [0.3, 0.4) is 0 Å². The molecule has 1 aromatic heterocycles. The van der Waals surface area contributed by atoms with Gasteiger partial charge in [-0.05, 0) is 64.6 Å². The Hall–Kier alpha value is -2.93. The summed E-state index contributed by atoms with van der Waals surface area (Å²) in [5.74, 6) is 0.0511. The molecule has 3 rings (SSSR count). The van der Waals surface area contributed by atoms with E-state index < -0.39 is 5.97 Å². The molecule has 1 heterocycles. The minimum atomic E-state index is -0.470. The quantitative estimate of drug-likeness (QED) is 0.342.